The third kappa shape index (κ3) is 5.22. The van der Waals surface area contributed by atoms with E-state index in [9.17, 15) is 13.0 Å². The molecule has 31 heavy (non-hydrogen) atoms. The van der Waals surface area contributed by atoms with Crippen LogP contribution in [0.25, 0.3) is 11.1 Å². The fourth-order valence-corrected chi connectivity index (χ4v) is 3.76. The van der Waals surface area contributed by atoms with Crippen molar-refractivity contribution in [3.63, 3.8) is 0 Å². The van der Waals surface area contributed by atoms with Crippen molar-refractivity contribution in [1.82, 2.24) is 0 Å². The number of benzene rings is 4. The number of nitrogens with one attached hydrogen (secondary N) is 1. The van der Waals surface area contributed by atoms with Gasteiger partial charge in [0, 0.05) is 16.9 Å². The topological polar surface area (TPSA) is 91.1 Å². The minimum absolute atomic E-state index is 0.185. The molecular formula is C24H19N3O3S. The lowest BCUT2D eigenvalue weighted by Gasteiger charge is -2.10. The number of hydrogen-bond acceptors (Lipinski definition) is 5. The minimum Gasteiger partial charge on any atom is -0.356 e. The minimum atomic E-state index is -4.41. The van der Waals surface area contributed by atoms with E-state index in [1.54, 1.807) is 18.2 Å². The number of hydrogen-bond donors (Lipinski definition) is 2. The molecule has 0 spiro atoms. The van der Waals surface area contributed by atoms with Gasteiger partial charge in [0.2, 0.25) is 0 Å². The van der Waals surface area contributed by atoms with Crippen molar-refractivity contribution in [2.45, 2.75) is 4.90 Å². The smallest absolute Gasteiger partial charge is 0.295 e. The van der Waals surface area contributed by atoms with Gasteiger partial charge in [-0.2, -0.15) is 18.6 Å². The Balaban J connectivity index is 1.67. The zero-order chi connectivity index (χ0) is 21.7. The normalized spacial score (nSPS) is 11.5. The van der Waals surface area contributed by atoms with E-state index in [1.165, 1.54) is 12.1 Å². The molecular weight excluding hydrogens is 410 g/mol. The second kappa shape index (κ2) is 8.91. The Morgan fingerprint density at radius 1 is 0.645 bits per heavy atom. The lowest BCUT2D eigenvalue weighted by molar-refractivity contribution is 0.483. The van der Waals surface area contributed by atoms with Crippen molar-refractivity contribution < 1.29 is 13.0 Å². The maximum Gasteiger partial charge on any atom is 0.295 e. The van der Waals surface area contributed by atoms with E-state index in [2.05, 4.69) is 15.5 Å². The van der Waals surface area contributed by atoms with Crippen molar-refractivity contribution in [3.8, 4) is 11.1 Å². The fourth-order valence-electron chi connectivity index (χ4n) is 3.06. The van der Waals surface area contributed by atoms with Crippen molar-refractivity contribution in [3.05, 3.63) is 103 Å². The molecule has 0 unspecified atom stereocenters. The van der Waals surface area contributed by atoms with Crippen LogP contribution in [0.2, 0.25) is 0 Å². The summed E-state index contributed by atoms with van der Waals surface area (Å²) in [6.45, 7) is 0. The van der Waals surface area contributed by atoms with Crippen LogP contribution in [0.1, 0.15) is 0 Å². The molecule has 7 heteroatoms. The molecule has 0 saturated heterocycles. The molecule has 0 aliphatic heterocycles. The highest BCUT2D eigenvalue weighted by molar-refractivity contribution is 7.86. The molecule has 0 amide bonds. The fraction of sp³-hybridized carbons (Fsp3) is 0. The number of nitrogens with zero attached hydrogens (tertiary/aromatic N) is 2. The van der Waals surface area contributed by atoms with Crippen LogP contribution in [0.5, 0.6) is 0 Å². The van der Waals surface area contributed by atoms with E-state index in [0.717, 1.165) is 11.4 Å². The lowest BCUT2D eigenvalue weighted by Crippen LogP contribution is -2.00. The number of rotatable bonds is 6. The van der Waals surface area contributed by atoms with Crippen molar-refractivity contribution >= 4 is 32.9 Å². The van der Waals surface area contributed by atoms with Crippen molar-refractivity contribution in [2.75, 3.05) is 5.32 Å². The van der Waals surface area contributed by atoms with Gasteiger partial charge in [0.1, 0.15) is 4.90 Å². The van der Waals surface area contributed by atoms with Crippen molar-refractivity contribution in [1.29, 1.82) is 0 Å². The lowest BCUT2D eigenvalue weighted by atomic mass is 10.0. The highest BCUT2D eigenvalue weighted by Gasteiger charge is 2.17. The molecule has 0 aliphatic carbocycles. The standard InChI is InChI=1S/C24H19N3O3S/c28-31(29,30)24-16-15-22(27-26-21-9-5-2-6-10-21)17-23(24)18-11-13-20(14-12-18)25-19-7-3-1-4-8-19/h1-17,25H,(H,28,29,30)/b27-26+. The predicted molar refractivity (Wildman–Crippen MR) is 122 cm³/mol. The summed E-state index contributed by atoms with van der Waals surface area (Å²) in [6, 6.07) is 30.6. The third-order valence-corrected chi connectivity index (χ3v) is 5.45. The Morgan fingerprint density at radius 2 is 1.23 bits per heavy atom. The molecule has 4 rings (SSSR count). The largest absolute Gasteiger partial charge is 0.356 e. The second-order valence-electron chi connectivity index (χ2n) is 6.76. The van der Waals surface area contributed by atoms with E-state index in [0.29, 0.717) is 22.5 Å². The summed E-state index contributed by atoms with van der Waals surface area (Å²) >= 11 is 0. The molecule has 0 bridgehead atoms. The maximum atomic E-state index is 11.9. The number of anilines is 2. The van der Waals surface area contributed by atoms with Gasteiger partial charge in [-0.1, -0.05) is 48.5 Å². The van der Waals surface area contributed by atoms with Crippen LogP contribution in [0.3, 0.4) is 0 Å². The zero-order valence-corrected chi connectivity index (χ0v) is 17.2. The first-order chi connectivity index (χ1) is 15.0. The monoisotopic (exact) mass is 429 g/mol. The highest BCUT2D eigenvalue weighted by Crippen LogP contribution is 2.33. The average molecular weight is 430 g/mol. The highest BCUT2D eigenvalue weighted by atomic mass is 32.2. The van der Waals surface area contributed by atoms with Crippen LogP contribution in [0, 0.1) is 0 Å². The van der Waals surface area contributed by atoms with Gasteiger partial charge < -0.3 is 5.32 Å². The summed E-state index contributed by atoms with van der Waals surface area (Å²) in [5, 5.41) is 11.6. The molecule has 6 nitrogen and oxygen atoms in total. The third-order valence-electron chi connectivity index (χ3n) is 4.54. The first-order valence-electron chi connectivity index (χ1n) is 9.50. The predicted octanol–water partition coefficient (Wildman–Crippen LogP) is 6.76. The van der Waals surface area contributed by atoms with Crippen LogP contribution < -0.4 is 5.32 Å². The van der Waals surface area contributed by atoms with Gasteiger partial charge in [0.05, 0.1) is 11.4 Å². The van der Waals surface area contributed by atoms with E-state index in [1.807, 2.05) is 72.8 Å². The van der Waals surface area contributed by atoms with Gasteiger partial charge >= 0.3 is 0 Å². The quantitative estimate of drug-likeness (QED) is 0.262. The Labute approximate surface area is 180 Å². The van der Waals surface area contributed by atoms with Crippen LogP contribution in [0.4, 0.5) is 22.7 Å². The summed E-state index contributed by atoms with van der Waals surface area (Å²) in [4.78, 5) is -0.185. The first-order valence-corrected chi connectivity index (χ1v) is 10.9. The first kappa shape index (κ1) is 20.5. The molecule has 0 aromatic heterocycles. The van der Waals surface area contributed by atoms with Crippen LogP contribution in [-0.4, -0.2) is 13.0 Å². The summed E-state index contributed by atoms with van der Waals surface area (Å²) in [5.74, 6) is 0. The Kier molecular flexibility index (Phi) is 5.88. The van der Waals surface area contributed by atoms with Crippen LogP contribution in [-0.2, 0) is 10.1 Å². The molecule has 0 saturated carbocycles. The summed E-state index contributed by atoms with van der Waals surface area (Å²) in [7, 11) is -4.41. The molecule has 0 heterocycles. The van der Waals surface area contributed by atoms with Gasteiger partial charge in [-0.05, 0) is 60.2 Å². The van der Waals surface area contributed by atoms with Gasteiger partial charge in [0.15, 0.2) is 0 Å². The second-order valence-corrected chi connectivity index (χ2v) is 8.15. The van der Waals surface area contributed by atoms with Gasteiger partial charge in [0.25, 0.3) is 10.1 Å². The molecule has 0 aliphatic rings. The van der Waals surface area contributed by atoms with Gasteiger partial charge in [-0.3, -0.25) is 4.55 Å². The van der Waals surface area contributed by atoms with E-state index < -0.39 is 10.1 Å². The Morgan fingerprint density at radius 3 is 1.87 bits per heavy atom. The number of azo groups is 1. The van der Waals surface area contributed by atoms with E-state index >= 15 is 0 Å². The average Bonchev–Trinajstić information content (AvgIpc) is 2.79. The Hall–Kier alpha value is -3.81. The van der Waals surface area contributed by atoms with Gasteiger partial charge in [-0.15, -0.1) is 0 Å². The van der Waals surface area contributed by atoms with Crippen LogP contribution in [0.15, 0.2) is 118 Å². The zero-order valence-electron chi connectivity index (χ0n) is 16.4. The van der Waals surface area contributed by atoms with Crippen LogP contribution >= 0.6 is 0 Å². The van der Waals surface area contributed by atoms with Crippen molar-refractivity contribution in [2.24, 2.45) is 10.2 Å². The molecule has 0 fully saturated rings. The van der Waals surface area contributed by atoms with Gasteiger partial charge in [-0.25, -0.2) is 0 Å². The summed E-state index contributed by atoms with van der Waals surface area (Å²) in [5.41, 5.74) is 3.92. The SMILES string of the molecule is O=S(=O)(O)c1ccc(/N=N/c2ccccc2)cc1-c1ccc(Nc2ccccc2)cc1. The molecule has 4 aromatic rings. The molecule has 2 N–H and O–H groups in total. The van der Waals surface area contributed by atoms with E-state index in [4.69, 9.17) is 0 Å². The maximum absolute atomic E-state index is 11.9. The number of para-hydroxylation sites is 1. The molecule has 0 atom stereocenters. The summed E-state index contributed by atoms with van der Waals surface area (Å²) in [6.07, 6.45) is 0. The molecule has 154 valence electrons. The molecule has 4 aromatic carbocycles. The molecule has 0 radical (unpaired) electrons. The summed E-state index contributed by atoms with van der Waals surface area (Å²) < 4.78 is 33.5. The Bertz CT molecular complexity index is 1310. The van der Waals surface area contributed by atoms with E-state index in [-0.39, 0.29) is 4.90 Å².